The Labute approximate surface area is 93.6 Å². The molecule has 0 unspecified atom stereocenters. The fourth-order valence-corrected chi connectivity index (χ4v) is 0.936. The topological polar surface area (TPSA) is 46.5 Å². The second kappa shape index (κ2) is 5.03. The zero-order valence-corrected chi connectivity index (χ0v) is 8.37. The van der Waals surface area contributed by atoms with E-state index in [-0.39, 0.29) is 11.3 Å². The van der Waals surface area contributed by atoms with Crippen molar-refractivity contribution >= 4 is 5.97 Å². The Hall–Kier alpha value is -1.79. The van der Waals surface area contributed by atoms with E-state index in [2.05, 4.69) is 4.74 Å². The Morgan fingerprint density at radius 1 is 1.29 bits per heavy atom. The minimum atomic E-state index is -4.23. The molecule has 7 heteroatoms. The second-order valence-corrected chi connectivity index (χ2v) is 3.18. The molecule has 0 saturated carbocycles. The lowest BCUT2D eigenvalue weighted by atomic mass is 10.2. The Bertz CT molecular complexity index is 389. The van der Waals surface area contributed by atoms with Gasteiger partial charge in [-0.3, -0.25) is 0 Å². The molecular formula is C10H8F4O3. The summed E-state index contributed by atoms with van der Waals surface area (Å²) in [6.07, 6.45) is -3.80. The normalized spacial score (nSPS) is 11.6. The average molecular weight is 252 g/mol. The van der Waals surface area contributed by atoms with Crippen molar-refractivity contribution in [3.05, 3.63) is 29.8 Å². The Balaban J connectivity index is 2.62. The van der Waals surface area contributed by atoms with Gasteiger partial charge >= 0.3 is 18.3 Å². The summed E-state index contributed by atoms with van der Waals surface area (Å²) in [4.78, 5) is 10.5. The van der Waals surface area contributed by atoms with Crippen molar-refractivity contribution in [3.63, 3.8) is 0 Å². The van der Waals surface area contributed by atoms with E-state index in [9.17, 15) is 22.4 Å². The smallest absolute Gasteiger partial charge is 0.340 e. The molecule has 17 heavy (non-hydrogen) atoms. The molecule has 0 saturated heterocycles. The zero-order valence-electron chi connectivity index (χ0n) is 8.37. The van der Waals surface area contributed by atoms with Crippen LogP contribution in [0.5, 0.6) is 5.75 Å². The molecule has 1 aromatic carbocycles. The lowest BCUT2D eigenvalue weighted by Crippen LogP contribution is -2.33. The van der Waals surface area contributed by atoms with Gasteiger partial charge in [0.25, 0.3) is 0 Å². The van der Waals surface area contributed by atoms with E-state index < -0.39 is 24.9 Å². The third kappa shape index (κ3) is 3.61. The average Bonchev–Trinajstić information content (AvgIpc) is 2.27. The van der Waals surface area contributed by atoms with E-state index in [1.807, 2.05) is 0 Å². The summed E-state index contributed by atoms with van der Waals surface area (Å²) >= 11 is 0. The lowest BCUT2D eigenvalue weighted by Gasteiger charge is -2.15. The third-order valence-electron chi connectivity index (χ3n) is 1.85. The first kappa shape index (κ1) is 13.3. The molecule has 1 aromatic rings. The van der Waals surface area contributed by atoms with E-state index in [0.717, 1.165) is 24.3 Å². The van der Waals surface area contributed by atoms with Crippen molar-refractivity contribution < 1.29 is 32.2 Å². The van der Waals surface area contributed by atoms with Crippen LogP contribution in [0, 0.1) is 0 Å². The molecule has 0 amide bonds. The maximum Gasteiger partial charge on any atom is 0.340 e. The molecule has 0 radical (unpaired) electrons. The first-order chi connectivity index (χ1) is 7.83. The molecule has 0 heterocycles. The molecule has 1 rings (SSSR count). The molecule has 0 aliphatic rings. The van der Waals surface area contributed by atoms with Crippen LogP contribution in [0.1, 0.15) is 10.4 Å². The Morgan fingerprint density at radius 3 is 2.24 bits per heavy atom. The van der Waals surface area contributed by atoms with Crippen molar-refractivity contribution in [2.75, 3.05) is 6.61 Å². The van der Waals surface area contributed by atoms with Crippen LogP contribution >= 0.6 is 0 Å². The predicted octanol–water partition coefficient (Wildman–Crippen LogP) is 2.66. The van der Waals surface area contributed by atoms with Gasteiger partial charge < -0.3 is 9.84 Å². The van der Waals surface area contributed by atoms with Crippen LogP contribution in [0.2, 0.25) is 0 Å². The monoisotopic (exact) mass is 252 g/mol. The van der Waals surface area contributed by atoms with Gasteiger partial charge in [-0.25, -0.2) is 13.6 Å². The molecule has 1 N–H and O–H groups in total. The maximum absolute atomic E-state index is 12.5. The van der Waals surface area contributed by atoms with Crippen LogP contribution in [-0.2, 0) is 0 Å². The molecule has 0 aromatic heterocycles. The van der Waals surface area contributed by atoms with Crippen molar-refractivity contribution in [3.8, 4) is 5.75 Å². The summed E-state index contributed by atoms with van der Waals surface area (Å²) in [6, 6.07) is 4.48. The van der Waals surface area contributed by atoms with E-state index in [4.69, 9.17) is 5.11 Å². The van der Waals surface area contributed by atoms with E-state index in [0.29, 0.717) is 0 Å². The van der Waals surface area contributed by atoms with Crippen molar-refractivity contribution in [1.29, 1.82) is 0 Å². The summed E-state index contributed by atoms with van der Waals surface area (Å²) < 4.78 is 52.9. The van der Waals surface area contributed by atoms with Crippen LogP contribution in [0.25, 0.3) is 0 Å². The largest absolute Gasteiger partial charge is 0.487 e. The van der Waals surface area contributed by atoms with Gasteiger partial charge in [-0.1, -0.05) is 0 Å². The standard InChI is InChI=1S/C10H8F4O3/c11-9(12)10(13,14)5-17-7-3-1-6(2-4-7)8(15)16/h1-4,9H,5H2,(H,15,16). The molecule has 0 aliphatic carbocycles. The SMILES string of the molecule is O=C(O)c1ccc(OCC(F)(F)C(F)F)cc1. The first-order valence-electron chi connectivity index (χ1n) is 4.45. The summed E-state index contributed by atoms with van der Waals surface area (Å²) in [5.74, 6) is -5.52. The number of hydrogen-bond donors (Lipinski definition) is 1. The second-order valence-electron chi connectivity index (χ2n) is 3.18. The Kier molecular flexibility index (Phi) is 3.93. The van der Waals surface area contributed by atoms with Gasteiger partial charge in [0.1, 0.15) is 5.75 Å². The minimum Gasteiger partial charge on any atom is -0.487 e. The molecular weight excluding hydrogens is 244 g/mol. The number of rotatable bonds is 5. The van der Waals surface area contributed by atoms with E-state index in [1.165, 1.54) is 0 Å². The number of alkyl halides is 4. The highest BCUT2D eigenvalue weighted by atomic mass is 19.3. The van der Waals surface area contributed by atoms with Crippen molar-refractivity contribution in [2.24, 2.45) is 0 Å². The number of aromatic carboxylic acids is 1. The number of carboxylic acids is 1. The number of carbonyl (C=O) groups is 1. The van der Waals surface area contributed by atoms with Crippen LogP contribution in [0.3, 0.4) is 0 Å². The minimum absolute atomic E-state index is 0.0574. The predicted molar refractivity (Wildman–Crippen MR) is 49.8 cm³/mol. The fraction of sp³-hybridized carbons (Fsp3) is 0.300. The van der Waals surface area contributed by atoms with Crippen LogP contribution in [-0.4, -0.2) is 30.0 Å². The lowest BCUT2D eigenvalue weighted by molar-refractivity contribution is -0.148. The van der Waals surface area contributed by atoms with Gasteiger partial charge in [-0.15, -0.1) is 0 Å². The molecule has 0 atom stereocenters. The maximum atomic E-state index is 12.5. The van der Waals surface area contributed by atoms with Crippen LogP contribution in [0.15, 0.2) is 24.3 Å². The third-order valence-corrected chi connectivity index (χ3v) is 1.85. The summed E-state index contributed by atoms with van der Waals surface area (Å²) in [6.45, 7) is -1.46. The van der Waals surface area contributed by atoms with Crippen molar-refractivity contribution in [1.82, 2.24) is 0 Å². The van der Waals surface area contributed by atoms with Gasteiger partial charge in [-0.2, -0.15) is 8.78 Å². The quantitative estimate of drug-likeness (QED) is 0.819. The number of carboxylic acid groups (broad SMARTS) is 1. The number of hydrogen-bond acceptors (Lipinski definition) is 2. The zero-order chi connectivity index (χ0) is 13.1. The van der Waals surface area contributed by atoms with Crippen LogP contribution < -0.4 is 4.74 Å². The molecule has 0 fully saturated rings. The number of ether oxygens (including phenoxy) is 1. The first-order valence-corrected chi connectivity index (χ1v) is 4.45. The summed E-state index contributed by atoms with van der Waals surface area (Å²) in [7, 11) is 0. The highest BCUT2D eigenvalue weighted by Crippen LogP contribution is 2.24. The Morgan fingerprint density at radius 2 is 1.82 bits per heavy atom. The van der Waals surface area contributed by atoms with Crippen LogP contribution in [0.4, 0.5) is 17.6 Å². The van der Waals surface area contributed by atoms with E-state index >= 15 is 0 Å². The van der Waals surface area contributed by atoms with E-state index in [1.54, 1.807) is 0 Å². The summed E-state index contributed by atoms with van der Waals surface area (Å²) in [5, 5.41) is 8.55. The molecule has 0 spiro atoms. The van der Waals surface area contributed by atoms with Crippen molar-refractivity contribution in [2.45, 2.75) is 12.3 Å². The molecule has 94 valence electrons. The highest BCUT2D eigenvalue weighted by molar-refractivity contribution is 5.87. The van der Waals surface area contributed by atoms with Gasteiger partial charge in [0.15, 0.2) is 6.61 Å². The number of benzene rings is 1. The molecule has 0 bridgehead atoms. The van der Waals surface area contributed by atoms with Gasteiger partial charge in [0.05, 0.1) is 5.56 Å². The molecule has 3 nitrogen and oxygen atoms in total. The highest BCUT2D eigenvalue weighted by Gasteiger charge is 2.41. The number of halogens is 4. The molecule has 0 aliphatic heterocycles. The van der Waals surface area contributed by atoms with Gasteiger partial charge in [-0.05, 0) is 24.3 Å². The van der Waals surface area contributed by atoms with Gasteiger partial charge in [0.2, 0.25) is 0 Å². The van der Waals surface area contributed by atoms with Gasteiger partial charge in [0, 0.05) is 0 Å². The fourth-order valence-electron chi connectivity index (χ4n) is 0.936. The summed E-state index contributed by atoms with van der Waals surface area (Å²) in [5.41, 5.74) is -0.0574.